The number of rotatable bonds is 2. The van der Waals surface area contributed by atoms with E-state index in [1.807, 2.05) is 31.2 Å². The van der Waals surface area contributed by atoms with Gasteiger partial charge in [0.1, 0.15) is 0 Å². The third-order valence-electron chi connectivity index (χ3n) is 1.79. The zero-order chi connectivity index (χ0) is 9.80. The number of aromatic amines is 1. The predicted molar refractivity (Wildman–Crippen MR) is 53.9 cm³/mol. The molecule has 14 heavy (non-hydrogen) atoms. The SMILES string of the molecule is Cc1ccc(N=Nc2ccn[nH]2)cc1. The molecule has 1 N–H and O–H groups in total. The molecule has 4 heteroatoms. The molecule has 0 atom stereocenters. The molecule has 0 fully saturated rings. The normalized spacial score (nSPS) is 10.9. The van der Waals surface area contributed by atoms with Crippen molar-refractivity contribution in [3.05, 3.63) is 42.1 Å². The number of azo groups is 1. The van der Waals surface area contributed by atoms with Crippen molar-refractivity contribution in [1.82, 2.24) is 10.2 Å². The number of nitrogens with one attached hydrogen (secondary N) is 1. The molecule has 2 rings (SSSR count). The van der Waals surface area contributed by atoms with Gasteiger partial charge in [-0.05, 0) is 19.1 Å². The molecule has 4 nitrogen and oxygen atoms in total. The first-order valence-electron chi connectivity index (χ1n) is 4.32. The van der Waals surface area contributed by atoms with Crippen LogP contribution in [-0.2, 0) is 0 Å². The number of nitrogens with zero attached hydrogens (tertiary/aromatic N) is 3. The number of hydrogen-bond acceptors (Lipinski definition) is 3. The zero-order valence-electron chi connectivity index (χ0n) is 7.81. The lowest BCUT2D eigenvalue weighted by atomic mass is 10.2. The van der Waals surface area contributed by atoms with Gasteiger partial charge in [0.05, 0.1) is 11.9 Å². The van der Waals surface area contributed by atoms with Crippen molar-refractivity contribution in [2.45, 2.75) is 6.92 Å². The van der Waals surface area contributed by atoms with Gasteiger partial charge in [-0.3, -0.25) is 5.10 Å². The van der Waals surface area contributed by atoms with Crippen LogP contribution in [-0.4, -0.2) is 10.2 Å². The summed E-state index contributed by atoms with van der Waals surface area (Å²) in [7, 11) is 0. The highest BCUT2D eigenvalue weighted by molar-refractivity contribution is 5.38. The van der Waals surface area contributed by atoms with Gasteiger partial charge in [-0.1, -0.05) is 17.7 Å². The van der Waals surface area contributed by atoms with E-state index in [0.717, 1.165) is 5.69 Å². The maximum Gasteiger partial charge on any atom is 0.170 e. The maximum atomic E-state index is 4.04. The average Bonchev–Trinajstić information content (AvgIpc) is 2.70. The largest absolute Gasteiger partial charge is 0.260 e. The van der Waals surface area contributed by atoms with Gasteiger partial charge in [-0.2, -0.15) is 5.10 Å². The standard InChI is InChI=1S/C10H10N4/c1-8-2-4-9(5-3-8)12-14-10-6-7-11-13-10/h2-7H,1H3,(H,11,13). The number of aryl methyl sites for hydroxylation is 1. The number of H-pyrrole nitrogens is 1. The fraction of sp³-hybridized carbons (Fsp3) is 0.100. The Morgan fingerprint density at radius 3 is 2.50 bits per heavy atom. The summed E-state index contributed by atoms with van der Waals surface area (Å²) in [4.78, 5) is 0. The van der Waals surface area contributed by atoms with Crippen LogP contribution in [0.3, 0.4) is 0 Å². The van der Waals surface area contributed by atoms with Crippen LogP contribution in [0.1, 0.15) is 5.56 Å². The Hall–Kier alpha value is -1.97. The van der Waals surface area contributed by atoms with Gasteiger partial charge in [0.15, 0.2) is 5.82 Å². The molecule has 1 aromatic heterocycles. The summed E-state index contributed by atoms with van der Waals surface area (Å²) in [6.45, 7) is 2.04. The first-order chi connectivity index (χ1) is 6.84. The van der Waals surface area contributed by atoms with E-state index in [-0.39, 0.29) is 0 Å². The minimum absolute atomic E-state index is 0.658. The molecular formula is C10H10N4. The summed E-state index contributed by atoms with van der Waals surface area (Å²) in [5.41, 5.74) is 2.05. The van der Waals surface area contributed by atoms with Crippen LogP contribution in [0.4, 0.5) is 11.5 Å². The van der Waals surface area contributed by atoms with Crippen LogP contribution in [0.2, 0.25) is 0 Å². The number of benzene rings is 1. The second-order valence-electron chi connectivity index (χ2n) is 2.98. The Balaban J connectivity index is 2.15. The molecule has 2 aromatic rings. The van der Waals surface area contributed by atoms with Crippen LogP contribution < -0.4 is 0 Å². The van der Waals surface area contributed by atoms with Crippen molar-refractivity contribution in [3.63, 3.8) is 0 Å². The van der Waals surface area contributed by atoms with E-state index in [2.05, 4.69) is 20.4 Å². The predicted octanol–water partition coefficient (Wildman–Crippen LogP) is 3.13. The van der Waals surface area contributed by atoms with E-state index >= 15 is 0 Å². The Bertz CT molecular complexity index is 414. The first-order valence-corrected chi connectivity index (χ1v) is 4.32. The molecule has 0 bridgehead atoms. The van der Waals surface area contributed by atoms with E-state index < -0.39 is 0 Å². The lowest BCUT2D eigenvalue weighted by Gasteiger charge is -1.92. The van der Waals surface area contributed by atoms with Crippen molar-refractivity contribution < 1.29 is 0 Å². The molecule has 0 unspecified atom stereocenters. The summed E-state index contributed by atoms with van der Waals surface area (Å²) in [6.07, 6.45) is 1.64. The van der Waals surface area contributed by atoms with E-state index in [1.165, 1.54) is 5.56 Å². The second-order valence-corrected chi connectivity index (χ2v) is 2.98. The lowest BCUT2D eigenvalue weighted by Crippen LogP contribution is -1.68. The summed E-state index contributed by atoms with van der Waals surface area (Å²) >= 11 is 0. The molecule has 1 aromatic carbocycles. The number of aromatic nitrogens is 2. The van der Waals surface area contributed by atoms with Crippen molar-refractivity contribution in [2.24, 2.45) is 10.2 Å². The highest BCUT2D eigenvalue weighted by atomic mass is 15.2. The second kappa shape index (κ2) is 3.83. The van der Waals surface area contributed by atoms with Gasteiger partial charge >= 0.3 is 0 Å². The average molecular weight is 186 g/mol. The smallest absolute Gasteiger partial charge is 0.170 e. The van der Waals surface area contributed by atoms with Crippen LogP contribution in [0.5, 0.6) is 0 Å². The van der Waals surface area contributed by atoms with Crippen LogP contribution in [0, 0.1) is 6.92 Å². The summed E-state index contributed by atoms with van der Waals surface area (Å²) in [5.74, 6) is 0.658. The Kier molecular flexibility index (Phi) is 2.36. The maximum absolute atomic E-state index is 4.04. The topological polar surface area (TPSA) is 53.4 Å². The van der Waals surface area contributed by atoms with Crippen molar-refractivity contribution in [3.8, 4) is 0 Å². The molecule has 0 amide bonds. The zero-order valence-corrected chi connectivity index (χ0v) is 7.81. The van der Waals surface area contributed by atoms with Gasteiger partial charge in [0.25, 0.3) is 0 Å². The van der Waals surface area contributed by atoms with Crippen LogP contribution >= 0.6 is 0 Å². The van der Waals surface area contributed by atoms with E-state index in [1.54, 1.807) is 12.3 Å². The monoisotopic (exact) mass is 186 g/mol. The Morgan fingerprint density at radius 1 is 1.07 bits per heavy atom. The minimum atomic E-state index is 0.658. The molecule has 0 aliphatic carbocycles. The fourth-order valence-corrected chi connectivity index (χ4v) is 1.03. The third-order valence-corrected chi connectivity index (χ3v) is 1.79. The van der Waals surface area contributed by atoms with Crippen molar-refractivity contribution >= 4 is 11.5 Å². The Morgan fingerprint density at radius 2 is 1.86 bits per heavy atom. The lowest BCUT2D eigenvalue weighted by molar-refractivity contribution is 1.05. The van der Waals surface area contributed by atoms with Crippen LogP contribution in [0.15, 0.2) is 46.8 Å². The summed E-state index contributed by atoms with van der Waals surface area (Å²) in [6, 6.07) is 9.62. The van der Waals surface area contributed by atoms with Crippen molar-refractivity contribution in [1.29, 1.82) is 0 Å². The van der Waals surface area contributed by atoms with E-state index in [9.17, 15) is 0 Å². The molecule has 70 valence electrons. The summed E-state index contributed by atoms with van der Waals surface area (Å²) < 4.78 is 0. The van der Waals surface area contributed by atoms with E-state index in [0.29, 0.717) is 5.82 Å². The molecule has 0 saturated heterocycles. The molecule has 0 aliphatic rings. The molecule has 1 heterocycles. The molecule has 0 spiro atoms. The first kappa shape index (κ1) is 8.62. The van der Waals surface area contributed by atoms with Crippen molar-refractivity contribution in [2.75, 3.05) is 0 Å². The highest BCUT2D eigenvalue weighted by Crippen LogP contribution is 2.15. The van der Waals surface area contributed by atoms with Gasteiger partial charge < -0.3 is 0 Å². The minimum Gasteiger partial charge on any atom is -0.260 e. The van der Waals surface area contributed by atoms with Gasteiger partial charge in [0, 0.05) is 6.07 Å². The van der Waals surface area contributed by atoms with E-state index in [4.69, 9.17) is 0 Å². The molecule has 0 radical (unpaired) electrons. The van der Waals surface area contributed by atoms with Gasteiger partial charge in [0.2, 0.25) is 0 Å². The number of hydrogen-bond donors (Lipinski definition) is 1. The molecular weight excluding hydrogens is 176 g/mol. The Labute approximate surface area is 81.7 Å². The fourth-order valence-electron chi connectivity index (χ4n) is 1.03. The summed E-state index contributed by atoms with van der Waals surface area (Å²) in [5, 5.41) is 14.5. The van der Waals surface area contributed by atoms with Gasteiger partial charge in [-0.15, -0.1) is 10.2 Å². The quantitative estimate of drug-likeness (QED) is 0.719. The molecule has 0 aliphatic heterocycles. The molecule has 0 saturated carbocycles. The third kappa shape index (κ3) is 2.04. The van der Waals surface area contributed by atoms with Gasteiger partial charge in [-0.25, -0.2) is 0 Å². The highest BCUT2D eigenvalue weighted by Gasteiger charge is 1.90. The van der Waals surface area contributed by atoms with Crippen LogP contribution in [0.25, 0.3) is 0 Å².